The summed E-state index contributed by atoms with van der Waals surface area (Å²) in [6.07, 6.45) is 3.86. The Kier molecular flexibility index (Phi) is 2.86. The maximum absolute atomic E-state index is 5.79. The van der Waals surface area contributed by atoms with Crippen molar-refractivity contribution in [2.75, 3.05) is 23.7 Å². The average Bonchev–Trinajstić information content (AvgIpc) is 2.81. The van der Waals surface area contributed by atoms with Gasteiger partial charge in [-0.2, -0.15) is 0 Å². The van der Waals surface area contributed by atoms with Gasteiger partial charge in [0.15, 0.2) is 0 Å². The van der Waals surface area contributed by atoms with Gasteiger partial charge in [-0.1, -0.05) is 13.3 Å². The van der Waals surface area contributed by atoms with Gasteiger partial charge in [-0.05, 0) is 37.0 Å². The maximum atomic E-state index is 5.79. The van der Waals surface area contributed by atoms with Gasteiger partial charge in [0.1, 0.15) is 0 Å². The number of hydrogen-bond donors (Lipinski definition) is 2. The molecule has 0 spiro atoms. The van der Waals surface area contributed by atoms with Crippen LogP contribution in [0.2, 0.25) is 0 Å². The third-order valence-corrected chi connectivity index (χ3v) is 3.89. The van der Waals surface area contributed by atoms with Gasteiger partial charge >= 0.3 is 0 Å². The molecule has 18 heavy (non-hydrogen) atoms. The third kappa shape index (κ3) is 2.03. The summed E-state index contributed by atoms with van der Waals surface area (Å²) < 4.78 is 0. The van der Waals surface area contributed by atoms with Crippen LogP contribution in [0.5, 0.6) is 0 Å². The number of H-pyrrole nitrogens is 1. The number of anilines is 2. The molecule has 1 aliphatic rings. The molecule has 1 unspecified atom stereocenters. The number of aromatic nitrogens is 2. The summed E-state index contributed by atoms with van der Waals surface area (Å²) in [5, 5.41) is 0. The Morgan fingerprint density at radius 3 is 3.22 bits per heavy atom. The van der Waals surface area contributed by atoms with Crippen LogP contribution in [-0.4, -0.2) is 23.1 Å². The van der Waals surface area contributed by atoms with Crippen LogP contribution in [0.1, 0.15) is 26.2 Å². The van der Waals surface area contributed by atoms with Gasteiger partial charge in [0, 0.05) is 18.8 Å². The van der Waals surface area contributed by atoms with E-state index >= 15 is 0 Å². The molecule has 1 atom stereocenters. The fourth-order valence-corrected chi connectivity index (χ4v) is 2.75. The van der Waals surface area contributed by atoms with Crippen molar-refractivity contribution in [1.82, 2.24) is 9.97 Å². The molecule has 2 heterocycles. The van der Waals surface area contributed by atoms with E-state index in [1.165, 1.54) is 19.3 Å². The number of fused-ring (bicyclic) bond motifs is 1. The topological polar surface area (TPSA) is 57.9 Å². The van der Waals surface area contributed by atoms with E-state index in [-0.39, 0.29) is 0 Å². The molecule has 0 aliphatic carbocycles. The molecule has 0 saturated carbocycles. The standard InChI is InChI=1S/C14H20N4/c1-2-10-4-3-7-18(9-10)14-16-12-6-5-11(15)8-13(12)17-14/h5-6,8,10H,2-4,7,9,15H2,1H3,(H,16,17). The molecule has 1 saturated heterocycles. The first kappa shape index (κ1) is 11.4. The van der Waals surface area contributed by atoms with Crippen molar-refractivity contribution in [3.8, 4) is 0 Å². The number of hydrogen-bond acceptors (Lipinski definition) is 3. The normalized spacial score (nSPS) is 20.5. The number of nitrogen functional groups attached to an aromatic ring is 1. The smallest absolute Gasteiger partial charge is 0.203 e. The van der Waals surface area contributed by atoms with Gasteiger partial charge in [-0.25, -0.2) is 4.98 Å². The first-order valence-electron chi connectivity index (χ1n) is 6.76. The number of benzene rings is 1. The van der Waals surface area contributed by atoms with Crippen molar-refractivity contribution >= 4 is 22.7 Å². The third-order valence-electron chi connectivity index (χ3n) is 3.89. The van der Waals surface area contributed by atoms with Crippen LogP contribution >= 0.6 is 0 Å². The Morgan fingerprint density at radius 1 is 1.50 bits per heavy atom. The molecule has 1 fully saturated rings. The molecule has 0 radical (unpaired) electrons. The molecule has 1 aromatic carbocycles. The Balaban J connectivity index is 1.89. The molecule has 2 aromatic rings. The Hall–Kier alpha value is -1.71. The minimum atomic E-state index is 0.780. The monoisotopic (exact) mass is 244 g/mol. The lowest BCUT2D eigenvalue weighted by Crippen LogP contribution is -2.35. The van der Waals surface area contributed by atoms with E-state index in [9.17, 15) is 0 Å². The predicted octanol–water partition coefficient (Wildman–Crippen LogP) is 2.77. The van der Waals surface area contributed by atoms with E-state index in [1.54, 1.807) is 0 Å². The Labute approximate surface area is 107 Å². The van der Waals surface area contributed by atoms with Crippen molar-refractivity contribution in [1.29, 1.82) is 0 Å². The largest absolute Gasteiger partial charge is 0.399 e. The highest BCUT2D eigenvalue weighted by atomic mass is 15.3. The second kappa shape index (κ2) is 4.52. The lowest BCUT2D eigenvalue weighted by molar-refractivity contribution is 0.402. The minimum Gasteiger partial charge on any atom is -0.399 e. The van der Waals surface area contributed by atoms with Crippen LogP contribution in [0.15, 0.2) is 18.2 Å². The molecule has 0 amide bonds. The first-order chi connectivity index (χ1) is 8.76. The van der Waals surface area contributed by atoms with E-state index in [0.717, 1.165) is 41.7 Å². The maximum Gasteiger partial charge on any atom is 0.203 e. The van der Waals surface area contributed by atoms with Gasteiger partial charge in [0.2, 0.25) is 5.95 Å². The number of rotatable bonds is 2. The molecular formula is C14H20N4. The summed E-state index contributed by atoms with van der Waals surface area (Å²) >= 11 is 0. The van der Waals surface area contributed by atoms with Gasteiger partial charge in [0.25, 0.3) is 0 Å². The van der Waals surface area contributed by atoms with Gasteiger partial charge < -0.3 is 15.6 Å². The summed E-state index contributed by atoms with van der Waals surface area (Å²) in [6.45, 7) is 4.49. The number of piperidine rings is 1. The van der Waals surface area contributed by atoms with Gasteiger partial charge in [0.05, 0.1) is 11.0 Å². The van der Waals surface area contributed by atoms with Crippen molar-refractivity contribution in [3.05, 3.63) is 18.2 Å². The number of nitrogens with one attached hydrogen (secondary N) is 1. The zero-order valence-electron chi connectivity index (χ0n) is 10.8. The average molecular weight is 244 g/mol. The van der Waals surface area contributed by atoms with E-state index < -0.39 is 0 Å². The van der Waals surface area contributed by atoms with Crippen LogP contribution in [-0.2, 0) is 0 Å². The minimum absolute atomic E-state index is 0.780. The molecule has 4 heteroatoms. The van der Waals surface area contributed by atoms with Crippen LogP contribution in [0.25, 0.3) is 11.0 Å². The van der Waals surface area contributed by atoms with Gasteiger partial charge in [-0.15, -0.1) is 0 Å². The second-order valence-corrected chi connectivity index (χ2v) is 5.20. The molecule has 96 valence electrons. The molecule has 3 rings (SSSR count). The molecule has 1 aliphatic heterocycles. The SMILES string of the molecule is CCC1CCCN(c2nc3ccc(N)cc3[nH]2)C1. The van der Waals surface area contributed by atoms with Crippen LogP contribution in [0, 0.1) is 5.92 Å². The Bertz CT molecular complexity index is 546. The van der Waals surface area contributed by atoms with Gasteiger partial charge in [-0.3, -0.25) is 0 Å². The highest BCUT2D eigenvalue weighted by Gasteiger charge is 2.20. The highest BCUT2D eigenvalue weighted by Crippen LogP contribution is 2.25. The second-order valence-electron chi connectivity index (χ2n) is 5.20. The van der Waals surface area contributed by atoms with Crippen LogP contribution in [0.4, 0.5) is 11.6 Å². The summed E-state index contributed by atoms with van der Waals surface area (Å²) in [6, 6.07) is 5.83. The molecular weight excluding hydrogens is 224 g/mol. The van der Waals surface area contributed by atoms with Crippen LogP contribution in [0.3, 0.4) is 0 Å². The van der Waals surface area contributed by atoms with E-state index in [1.807, 2.05) is 18.2 Å². The van der Waals surface area contributed by atoms with E-state index in [0.29, 0.717) is 0 Å². The molecule has 0 bridgehead atoms. The van der Waals surface area contributed by atoms with Crippen LogP contribution < -0.4 is 10.6 Å². The zero-order chi connectivity index (χ0) is 12.5. The fourth-order valence-electron chi connectivity index (χ4n) is 2.75. The van der Waals surface area contributed by atoms with Crippen molar-refractivity contribution in [2.45, 2.75) is 26.2 Å². The Morgan fingerprint density at radius 2 is 2.39 bits per heavy atom. The zero-order valence-corrected chi connectivity index (χ0v) is 10.8. The molecule has 1 aromatic heterocycles. The molecule has 4 nitrogen and oxygen atoms in total. The fraction of sp³-hybridized carbons (Fsp3) is 0.500. The number of nitrogens with two attached hydrogens (primary N) is 1. The number of imidazole rings is 1. The van der Waals surface area contributed by atoms with E-state index in [4.69, 9.17) is 5.73 Å². The lowest BCUT2D eigenvalue weighted by Gasteiger charge is -2.31. The van der Waals surface area contributed by atoms with Crippen molar-refractivity contribution in [2.24, 2.45) is 5.92 Å². The van der Waals surface area contributed by atoms with E-state index in [2.05, 4.69) is 21.8 Å². The predicted molar refractivity (Wildman–Crippen MR) is 75.7 cm³/mol. The van der Waals surface area contributed by atoms with Crippen molar-refractivity contribution in [3.63, 3.8) is 0 Å². The lowest BCUT2D eigenvalue weighted by atomic mass is 9.96. The summed E-state index contributed by atoms with van der Waals surface area (Å²) in [4.78, 5) is 10.4. The molecule has 3 N–H and O–H groups in total. The first-order valence-corrected chi connectivity index (χ1v) is 6.76. The van der Waals surface area contributed by atoms with Crippen molar-refractivity contribution < 1.29 is 0 Å². The highest BCUT2D eigenvalue weighted by molar-refractivity contribution is 5.80. The quantitative estimate of drug-likeness (QED) is 0.799. The summed E-state index contributed by atoms with van der Waals surface area (Å²) in [7, 11) is 0. The summed E-state index contributed by atoms with van der Waals surface area (Å²) in [5.41, 5.74) is 8.60. The number of aromatic amines is 1. The number of nitrogens with zero attached hydrogens (tertiary/aromatic N) is 2. The summed E-state index contributed by atoms with van der Waals surface area (Å²) in [5.74, 6) is 1.80.